The summed E-state index contributed by atoms with van der Waals surface area (Å²) in [7, 11) is -4.02. The number of anilines is 1. The van der Waals surface area contributed by atoms with Crippen molar-refractivity contribution in [1.82, 2.24) is 5.32 Å². The van der Waals surface area contributed by atoms with E-state index in [-0.39, 0.29) is 17.5 Å². The van der Waals surface area contributed by atoms with Gasteiger partial charge in [0.2, 0.25) is 5.91 Å². The molecule has 0 spiro atoms. The summed E-state index contributed by atoms with van der Waals surface area (Å²) in [5, 5.41) is 2.97. The number of nitrogens with zero attached hydrogens (tertiary/aromatic N) is 1. The van der Waals surface area contributed by atoms with E-state index in [4.69, 9.17) is 9.47 Å². The first-order valence-corrected chi connectivity index (χ1v) is 13.0. The standard InChI is InChI=1S/C27H30N2O5S/c1-18-14-20(3)24(15-19(18)2)21(4)28-27(30)17-29(35(31,32)23-8-6-5-7-9-23)22-10-11-25-26(16-22)34-13-12-33-25/h5-11,14-16,21H,12-13,17H2,1-4H3,(H,28,30)/t21-/m1/s1. The summed E-state index contributed by atoms with van der Waals surface area (Å²) in [6, 6.07) is 16.8. The maximum absolute atomic E-state index is 13.6. The van der Waals surface area contributed by atoms with Gasteiger partial charge in [-0.3, -0.25) is 9.10 Å². The molecule has 1 aliphatic rings. The van der Waals surface area contributed by atoms with Gasteiger partial charge in [0, 0.05) is 6.07 Å². The van der Waals surface area contributed by atoms with Crippen molar-refractivity contribution in [3.8, 4) is 11.5 Å². The Kier molecular flexibility index (Phi) is 7.03. The van der Waals surface area contributed by atoms with Crippen molar-refractivity contribution in [2.45, 2.75) is 38.6 Å². The Morgan fingerprint density at radius 2 is 1.57 bits per heavy atom. The zero-order valence-electron chi connectivity index (χ0n) is 20.4. The molecule has 3 aromatic rings. The maximum Gasteiger partial charge on any atom is 0.264 e. The number of sulfonamides is 1. The van der Waals surface area contributed by atoms with Crippen LogP contribution >= 0.6 is 0 Å². The molecule has 7 nitrogen and oxygen atoms in total. The first-order chi connectivity index (χ1) is 16.7. The van der Waals surface area contributed by atoms with Gasteiger partial charge < -0.3 is 14.8 Å². The minimum atomic E-state index is -4.02. The number of benzene rings is 3. The van der Waals surface area contributed by atoms with Gasteiger partial charge in [0.25, 0.3) is 10.0 Å². The van der Waals surface area contributed by atoms with Crippen molar-refractivity contribution in [1.29, 1.82) is 0 Å². The summed E-state index contributed by atoms with van der Waals surface area (Å²) in [6.45, 7) is 8.40. The highest BCUT2D eigenvalue weighted by molar-refractivity contribution is 7.92. The number of hydrogen-bond acceptors (Lipinski definition) is 5. The second-order valence-electron chi connectivity index (χ2n) is 8.73. The van der Waals surface area contributed by atoms with Gasteiger partial charge in [0.1, 0.15) is 19.8 Å². The number of carbonyl (C=O) groups is 1. The van der Waals surface area contributed by atoms with Gasteiger partial charge in [-0.25, -0.2) is 8.42 Å². The normalized spacial score (nSPS) is 13.7. The third-order valence-electron chi connectivity index (χ3n) is 6.16. The fourth-order valence-corrected chi connectivity index (χ4v) is 5.60. The van der Waals surface area contributed by atoms with Gasteiger partial charge in [-0.2, -0.15) is 0 Å². The number of hydrogen-bond donors (Lipinski definition) is 1. The minimum absolute atomic E-state index is 0.0979. The van der Waals surface area contributed by atoms with E-state index in [0.717, 1.165) is 21.0 Å². The SMILES string of the molecule is Cc1cc(C)c([C@@H](C)NC(=O)CN(c2ccc3c(c2)OCCO3)S(=O)(=O)c2ccccc2)cc1C. The predicted molar refractivity (Wildman–Crippen MR) is 136 cm³/mol. The maximum atomic E-state index is 13.6. The first-order valence-electron chi connectivity index (χ1n) is 11.5. The lowest BCUT2D eigenvalue weighted by Gasteiger charge is -2.27. The topological polar surface area (TPSA) is 84.9 Å². The zero-order valence-corrected chi connectivity index (χ0v) is 21.2. The first kappa shape index (κ1) is 24.6. The summed E-state index contributed by atoms with van der Waals surface area (Å²) in [4.78, 5) is 13.3. The molecule has 35 heavy (non-hydrogen) atoms. The van der Waals surface area contributed by atoms with Crippen molar-refractivity contribution in [2.75, 3.05) is 24.1 Å². The van der Waals surface area contributed by atoms with Crippen molar-refractivity contribution in [2.24, 2.45) is 0 Å². The highest BCUT2D eigenvalue weighted by Gasteiger charge is 2.29. The van der Waals surface area contributed by atoms with Gasteiger partial charge in [-0.05, 0) is 74.2 Å². The molecule has 0 bridgehead atoms. The molecule has 0 saturated heterocycles. The molecule has 1 amide bonds. The summed E-state index contributed by atoms with van der Waals surface area (Å²) >= 11 is 0. The Hall–Kier alpha value is -3.52. The van der Waals surface area contributed by atoms with E-state index in [0.29, 0.717) is 30.4 Å². The van der Waals surface area contributed by atoms with Crippen molar-refractivity contribution in [3.63, 3.8) is 0 Å². The molecule has 1 atom stereocenters. The summed E-state index contributed by atoms with van der Waals surface area (Å²) in [5.41, 5.74) is 4.71. The second-order valence-corrected chi connectivity index (χ2v) is 10.6. The largest absolute Gasteiger partial charge is 0.486 e. The monoisotopic (exact) mass is 494 g/mol. The average Bonchev–Trinajstić information content (AvgIpc) is 2.84. The molecule has 0 unspecified atom stereocenters. The van der Waals surface area contributed by atoms with Crippen LogP contribution in [0.1, 0.15) is 35.2 Å². The van der Waals surface area contributed by atoms with Crippen LogP contribution in [0, 0.1) is 20.8 Å². The Morgan fingerprint density at radius 3 is 2.29 bits per heavy atom. The highest BCUT2D eigenvalue weighted by atomic mass is 32.2. The van der Waals surface area contributed by atoms with Gasteiger partial charge in [-0.1, -0.05) is 30.3 Å². The van der Waals surface area contributed by atoms with E-state index in [2.05, 4.69) is 24.4 Å². The molecule has 1 heterocycles. The third kappa shape index (κ3) is 5.27. The Labute approximate surface area is 206 Å². The number of fused-ring (bicyclic) bond motifs is 1. The van der Waals surface area contributed by atoms with Crippen LogP contribution in [0.3, 0.4) is 0 Å². The summed E-state index contributed by atoms with van der Waals surface area (Å²) in [5.74, 6) is 0.575. The van der Waals surface area contributed by atoms with E-state index in [1.54, 1.807) is 36.4 Å². The number of amides is 1. The molecule has 8 heteroatoms. The second kappa shape index (κ2) is 10.00. The van der Waals surface area contributed by atoms with Crippen molar-refractivity contribution in [3.05, 3.63) is 82.9 Å². The Balaban J connectivity index is 1.64. The molecule has 0 radical (unpaired) electrons. The molecular formula is C27H30N2O5S. The smallest absolute Gasteiger partial charge is 0.264 e. The third-order valence-corrected chi connectivity index (χ3v) is 7.95. The van der Waals surface area contributed by atoms with Crippen LogP contribution in [0.2, 0.25) is 0 Å². The van der Waals surface area contributed by atoms with Crippen LogP contribution in [0.5, 0.6) is 11.5 Å². The van der Waals surface area contributed by atoms with Crippen LogP contribution in [0.4, 0.5) is 5.69 Å². The lowest BCUT2D eigenvalue weighted by molar-refractivity contribution is -0.120. The minimum Gasteiger partial charge on any atom is -0.486 e. The summed E-state index contributed by atoms with van der Waals surface area (Å²) in [6.07, 6.45) is 0. The van der Waals surface area contributed by atoms with Gasteiger partial charge in [-0.15, -0.1) is 0 Å². The molecule has 4 rings (SSSR count). The van der Waals surface area contributed by atoms with Gasteiger partial charge >= 0.3 is 0 Å². The van der Waals surface area contributed by atoms with Gasteiger partial charge in [0.05, 0.1) is 16.6 Å². The quantitative estimate of drug-likeness (QED) is 0.524. The number of nitrogens with one attached hydrogen (secondary N) is 1. The van der Waals surface area contributed by atoms with Crippen LogP contribution < -0.4 is 19.1 Å². The summed E-state index contributed by atoms with van der Waals surface area (Å²) < 4.78 is 39.5. The van der Waals surface area contributed by atoms with Crippen LogP contribution in [-0.2, 0) is 14.8 Å². The van der Waals surface area contributed by atoms with Crippen molar-refractivity contribution < 1.29 is 22.7 Å². The fraction of sp³-hybridized carbons (Fsp3) is 0.296. The molecule has 0 saturated carbocycles. The van der Waals surface area contributed by atoms with Gasteiger partial charge in [0.15, 0.2) is 11.5 Å². The van der Waals surface area contributed by atoms with E-state index in [9.17, 15) is 13.2 Å². The fourth-order valence-electron chi connectivity index (χ4n) is 4.17. The van der Waals surface area contributed by atoms with Crippen LogP contribution in [-0.4, -0.2) is 34.1 Å². The van der Waals surface area contributed by atoms with Crippen molar-refractivity contribution >= 4 is 21.6 Å². The van der Waals surface area contributed by atoms with Crippen LogP contribution in [0.25, 0.3) is 0 Å². The average molecular weight is 495 g/mol. The number of carbonyl (C=O) groups excluding carboxylic acids is 1. The van der Waals surface area contributed by atoms with E-state index >= 15 is 0 Å². The van der Waals surface area contributed by atoms with E-state index < -0.39 is 15.9 Å². The molecule has 3 aromatic carbocycles. The van der Waals surface area contributed by atoms with Crippen LogP contribution in [0.15, 0.2) is 65.6 Å². The zero-order chi connectivity index (χ0) is 25.2. The molecule has 0 aliphatic carbocycles. The van der Waals surface area contributed by atoms with E-state index in [1.165, 1.54) is 17.7 Å². The molecule has 1 N–H and O–H groups in total. The lowest BCUT2D eigenvalue weighted by atomic mass is 9.96. The molecule has 0 aromatic heterocycles. The molecule has 0 fully saturated rings. The number of aryl methyl sites for hydroxylation is 3. The molecule has 1 aliphatic heterocycles. The Morgan fingerprint density at radius 1 is 0.914 bits per heavy atom. The lowest BCUT2D eigenvalue weighted by Crippen LogP contribution is -2.41. The Bertz CT molecular complexity index is 1340. The molecule has 184 valence electrons. The highest BCUT2D eigenvalue weighted by Crippen LogP contribution is 2.35. The predicted octanol–water partition coefficient (Wildman–Crippen LogP) is 4.46. The number of ether oxygens (including phenoxy) is 2. The van der Waals surface area contributed by atoms with E-state index in [1.807, 2.05) is 20.8 Å². The molecular weight excluding hydrogens is 464 g/mol. The number of rotatable bonds is 7.